The summed E-state index contributed by atoms with van der Waals surface area (Å²) in [5.41, 5.74) is -2.39. The zero-order chi connectivity index (χ0) is 45.2. The van der Waals surface area contributed by atoms with Gasteiger partial charge in [-0.05, 0) is 105 Å². The number of benzene rings is 9. The Balaban J connectivity index is 1.24. The first kappa shape index (κ1) is 16.2. The highest BCUT2D eigenvalue weighted by atomic mass is 14.5. The Kier molecular flexibility index (Phi) is 3.28. The molecule has 11 rings (SSSR count). The van der Waals surface area contributed by atoms with Gasteiger partial charge in [0.05, 0.1) is 26.0 Å². The van der Waals surface area contributed by atoms with Gasteiger partial charge in [0.2, 0.25) is 0 Å². The van der Waals surface area contributed by atoms with Gasteiger partial charge in [0, 0.05) is 0 Å². The van der Waals surface area contributed by atoms with Gasteiger partial charge in [0.1, 0.15) is 0 Å². The van der Waals surface area contributed by atoms with Crippen molar-refractivity contribution in [2.45, 2.75) is 5.41 Å². The predicted octanol–water partition coefficient (Wildman–Crippen LogP) is 12.8. The first-order valence-electron chi connectivity index (χ1n) is 23.5. The van der Waals surface area contributed by atoms with E-state index in [-0.39, 0.29) is 50.1 Å². The molecular formula is C49H30. The molecule has 0 bridgehead atoms. The van der Waals surface area contributed by atoms with Crippen LogP contribution in [0.15, 0.2) is 182 Å². The van der Waals surface area contributed by atoms with Crippen molar-refractivity contribution in [1.82, 2.24) is 0 Å². The maximum Gasteiger partial charge on any atom is 0.0725 e. The SMILES string of the molecule is [2H]c1c([2H])c([2H])c2c(c1[2H])-c1c([2H])c([2H])c([2H])c([2H])c1C21c2c([2H])c([2H])c([2H])c([2H])c2-c2c(-c3ccc(-c4ccc5c6ccccc6c6ccccc6c5c4)cc3)c([2H])c([2H])c([2H])c21. The molecule has 0 nitrogen and oxygen atoms in total. The Labute approximate surface area is 306 Å². The van der Waals surface area contributed by atoms with E-state index in [0.717, 1.165) is 43.4 Å². The number of rotatable bonds is 2. The fourth-order valence-corrected chi connectivity index (χ4v) is 8.16. The van der Waals surface area contributed by atoms with Crippen LogP contribution in [-0.4, -0.2) is 0 Å². The zero-order valence-corrected chi connectivity index (χ0v) is 25.7. The van der Waals surface area contributed by atoms with Crippen LogP contribution in [0.2, 0.25) is 0 Å². The largest absolute Gasteiger partial charge is 0.0725 e. The maximum atomic E-state index is 9.63. The summed E-state index contributed by atoms with van der Waals surface area (Å²) in [6.07, 6.45) is 0. The minimum Gasteiger partial charge on any atom is -0.0619 e. The summed E-state index contributed by atoms with van der Waals surface area (Å²) in [5, 5.41) is 6.61. The fourth-order valence-electron chi connectivity index (χ4n) is 8.16. The molecular weight excluding hydrogens is 589 g/mol. The summed E-state index contributed by atoms with van der Waals surface area (Å²) in [7, 11) is 0. The molecule has 49 heavy (non-hydrogen) atoms. The molecule has 0 amide bonds. The van der Waals surface area contributed by atoms with Crippen LogP contribution in [0.3, 0.4) is 0 Å². The molecule has 0 radical (unpaired) electrons. The van der Waals surface area contributed by atoms with E-state index in [0.29, 0.717) is 5.56 Å². The minimum atomic E-state index is -2.38. The van der Waals surface area contributed by atoms with E-state index in [4.69, 9.17) is 11.0 Å². The molecule has 0 unspecified atom stereocenters. The average molecular weight is 634 g/mol. The normalized spacial score (nSPS) is 17.8. The predicted molar refractivity (Wildman–Crippen MR) is 206 cm³/mol. The topological polar surface area (TPSA) is 0 Å². The van der Waals surface area contributed by atoms with Crippen LogP contribution in [0.5, 0.6) is 0 Å². The van der Waals surface area contributed by atoms with Gasteiger partial charge in [0.25, 0.3) is 0 Å². The molecule has 9 aromatic carbocycles. The van der Waals surface area contributed by atoms with E-state index in [1.54, 1.807) is 12.1 Å². The van der Waals surface area contributed by atoms with E-state index in [2.05, 4.69) is 36.4 Å². The number of hydrogen-bond donors (Lipinski definition) is 0. The second kappa shape index (κ2) is 9.89. The van der Waals surface area contributed by atoms with Crippen molar-refractivity contribution in [3.63, 3.8) is 0 Å². The molecule has 0 heteroatoms. The van der Waals surface area contributed by atoms with Gasteiger partial charge in [-0.25, -0.2) is 0 Å². The number of fused-ring (bicyclic) bond motifs is 16. The van der Waals surface area contributed by atoms with Crippen molar-refractivity contribution in [2.75, 3.05) is 0 Å². The highest BCUT2D eigenvalue weighted by Gasteiger charge is 2.51. The molecule has 1 spiro atoms. The maximum absolute atomic E-state index is 9.63. The van der Waals surface area contributed by atoms with Gasteiger partial charge in [-0.2, -0.15) is 0 Å². The average Bonchev–Trinajstić information content (AvgIpc) is 3.80. The van der Waals surface area contributed by atoms with E-state index in [1.807, 2.05) is 42.5 Å². The molecule has 2 aliphatic rings. The van der Waals surface area contributed by atoms with Crippen LogP contribution in [0.1, 0.15) is 42.8 Å². The molecule has 2 aliphatic carbocycles. The van der Waals surface area contributed by atoms with Crippen molar-refractivity contribution < 1.29 is 20.6 Å². The van der Waals surface area contributed by atoms with Crippen molar-refractivity contribution in [1.29, 1.82) is 0 Å². The highest BCUT2D eigenvalue weighted by molar-refractivity contribution is 6.25. The van der Waals surface area contributed by atoms with E-state index in [1.165, 1.54) is 0 Å². The lowest BCUT2D eigenvalue weighted by Crippen LogP contribution is -2.25. The molecule has 0 fully saturated rings. The molecule has 0 atom stereocenters. The third-order valence-corrected chi connectivity index (χ3v) is 10.2. The number of hydrogen-bond acceptors (Lipinski definition) is 0. The lowest BCUT2D eigenvalue weighted by Gasteiger charge is -2.30. The van der Waals surface area contributed by atoms with Crippen molar-refractivity contribution in [3.8, 4) is 44.5 Å². The summed E-state index contributed by atoms with van der Waals surface area (Å²) in [5.74, 6) is 0. The Morgan fingerprint density at radius 2 is 0.755 bits per heavy atom. The van der Waals surface area contributed by atoms with Gasteiger partial charge in [-0.15, -0.1) is 0 Å². The molecule has 0 saturated carbocycles. The second-order valence-electron chi connectivity index (χ2n) is 12.4. The van der Waals surface area contributed by atoms with Gasteiger partial charge in [0.15, 0.2) is 0 Å². The molecule has 0 N–H and O–H groups in total. The highest BCUT2D eigenvalue weighted by Crippen LogP contribution is 2.63. The van der Waals surface area contributed by atoms with E-state index < -0.39 is 96.1 Å². The quantitative estimate of drug-likeness (QED) is 0.166. The van der Waals surface area contributed by atoms with Crippen LogP contribution < -0.4 is 0 Å². The molecule has 9 aromatic rings. The first-order chi connectivity index (χ1) is 30.5. The van der Waals surface area contributed by atoms with E-state index in [9.17, 15) is 9.60 Å². The summed E-state index contributed by atoms with van der Waals surface area (Å²) >= 11 is 0. The first-order valence-corrected chi connectivity index (χ1v) is 16.0. The van der Waals surface area contributed by atoms with Gasteiger partial charge < -0.3 is 0 Å². The van der Waals surface area contributed by atoms with Gasteiger partial charge in [-0.3, -0.25) is 0 Å². The van der Waals surface area contributed by atoms with Crippen LogP contribution in [0.4, 0.5) is 0 Å². The van der Waals surface area contributed by atoms with E-state index >= 15 is 0 Å². The third kappa shape index (κ3) is 3.48. The van der Waals surface area contributed by atoms with Crippen LogP contribution in [0.25, 0.3) is 76.8 Å². The summed E-state index contributed by atoms with van der Waals surface area (Å²) in [4.78, 5) is 0. The lowest BCUT2D eigenvalue weighted by atomic mass is 9.70. The van der Waals surface area contributed by atoms with Crippen LogP contribution in [-0.2, 0) is 5.41 Å². The summed E-state index contributed by atoms with van der Waals surface area (Å²) in [6.45, 7) is 0. The lowest BCUT2D eigenvalue weighted by molar-refractivity contribution is 0.794. The molecule has 0 aliphatic heterocycles. The summed E-state index contributed by atoms with van der Waals surface area (Å²) in [6, 6.07) is 20.0. The third-order valence-electron chi connectivity index (χ3n) is 10.2. The standard InChI is InChI=1S/C49H30/c1-2-14-37-35(12-1)36-13-3-4-15-38(36)43-30-33(28-29-39(37)43)31-24-26-32(27-25-31)34-19-11-23-47-48(34)42-18-7-10-22-46(42)49(47)44-20-8-5-16-40(44)41-17-6-9-21-45(41)49/h1-30H/i5D,6D,7D,8D,9D,10D,11D,16D,17D,18D,19D,20D,21D,22D,23D. The molecule has 226 valence electrons. The van der Waals surface area contributed by atoms with Crippen LogP contribution in [0, 0.1) is 0 Å². The Morgan fingerprint density at radius 1 is 0.327 bits per heavy atom. The minimum absolute atomic E-state index is 0.0124. The van der Waals surface area contributed by atoms with Crippen LogP contribution >= 0.6 is 0 Å². The Morgan fingerprint density at radius 3 is 1.37 bits per heavy atom. The molecule has 0 heterocycles. The second-order valence-corrected chi connectivity index (χ2v) is 12.4. The van der Waals surface area contributed by atoms with Crippen molar-refractivity contribution in [3.05, 3.63) is 204 Å². The molecule has 0 saturated heterocycles. The Bertz CT molecular complexity index is 3560. The molecule has 0 aromatic heterocycles. The van der Waals surface area contributed by atoms with Crippen molar-refractivity contribution in [2.24, 2.45) is 0 Å². The zero-order valence-electron chi connectivity index (χ0n) is 40.7. The monoisotopic (exact) mass is 633 g/mol. The fraction of sp³-hybridized carbons (Fsp3) is 0.0204. The smallest absolute Gasteiger partial charge is 0.0619 e. The van der Waals surface area contributed by atoms with Gasteiger partial charge >= 0.3 is 0 Å². The Hall–Kier alpha value is -6.24. The summed E-state index contributed by atoms with van der Waals surface area (Å²) < 4.78 is 137. The van der Waals surface area contributed by atoms with Gasteiger partial charge in [-0.1, -0.05) is 176 Å². The van der Waals surface area contributed by atoms with Crippen molar-refractivity contribution >= 4 is 32.3 Å².